The number of nitrogens with zero attached hydrogens (tertiary/aromatic N) is 2. The van der Waals surface area contributed by atoms with Crippen LogP contribution in [0.3, 0.4) is 0 Å². The molecule has 3 atom stereocenters. The maximum Gasteiger partial charge on any atom is 0.249 e. The first-order chi connectivity index (χ1) is 11.0. The molecule has 1 aromatic carbocycles. The van der Waals surface area contributed by atoms with Gasteiger partial charge in [0, 0.05) is 24.5 Å². The summed E-state index contributed by atoms with van der Waals surface area (Å²) in [5.41, 5.74) is 0.172. The molecule has 0 aliphatic carbocycles. The topological polar surface area (TPSA) is 23.6 Å². The average molecular weight is 339 g/mol. The number of para-hydroxylation sites is 1. The van der Waals surface area contributed by atoms with Crippen LogP contribution in [0.5, 0.6) is 0 Å². The van der Waals surface area contributed by atoms with Crippen LogP contribution in [0, 0.1) is 5.92 Å². The Labute approximate surface area is 142 Å². The van der Waals surface area contributed by atoms with Gasteiger partial charge in [0.15, 0.2) is 0 Å². The van der Waals surface area contributed by atoms with Gasteiger partial charge in [0.2, 0.25) is 5.91 Å². The largest absolute Gasteiger partial charge is 0.294 e. The van der Waals surface area contributed by atoms with E-state index in [0.29, 0.717) is 18.8 Å². The number of hydrogen-bond acceptors (Lipinski definition) is 2. The molecule has 0 radical (unpaired) electrons. The van der Waals surface area contributed by atoms with E-state index >= 15 is 0 Å². The number of carbonyl (C=O) groups is 1. The summed E-state index contributed by atoms with van der Waals surface area (Å²) in [5, 5.41) is 0. The fourth-order valence-electron chi connectivity index (χ4n) is 4.22. The molecule has 3 unspecified atom stereocenters. The molecule has 0 saturated carbocycles. The number of carbonyl (C=O) groups excluding carboxylic acids is 1. The molecule has 1 amide bonds. The maximum absolute atomic E-state index is 14.2. The van der Waals surface area contributed by atoms with Gasteiger partial charge >= 0.3 is 0 Å². The van der Waals surface area contributed by atoms with Crippen LogP contribution in [0.25, 0.3) is 0 Å². The molecule has 2 aliphatic rings. The number of alkyl halides is 2. The lowest BCUT2D eigenvalue weighted by Gasteiger charge is -2.34. The van der Waals surface area contributed by atoms with E-state index in [1.807, 2.05) is 35.2 Å². The molecule has 23 heavy (non-hydrogen) atoms. The van der Waals surface area contributed by atoms with Gasteiger partial charge < -0.3 is 0 Å². The molecule has 0 N–H and O–H groups in total. The third-order valence-electron chi connectivity index (χ3n) is 5.06. The highest BCUT2D eigenvalue weighted by atomic mass is 35.5. The number of halogens is 2. The Bertz CT molecular complexity index is 567. The van der Waals surface area contributed by atoms with E-state index in [1.165, 1.54) is 0 Å². The van der Waals surface area contributed by atoms with Crippen molar-refractivity contribution in [2.45, 2.75) is 51.0 Å². The van der Waals surface area contributed by atoms with Gasteiger partial charge in [0.05, 0.1) is 6.17 Å². The normalized spacial score (nSPS) is 31.2. The number of anilines is 1. The molecule has 2 saturated heterocycles. The SMILES string of the molecule is CC(C)C1N(c2ccccc2)C(=O)C2(CCCCl)CC(F)CN12. The zero-order chi connectivity index (χ0) is 16.6. The zero-order valence-corrected chi connectivity index (χ0v) is 14.5. The van der Waals surface area contributed by atoms with E-state index in [1.54, 1.807) is 0 Å². The van der Waals surface area contributed by atoms with Crippen molar-refractivity contribution in [1.29, 1.82) is 0 Å². The first-order valence-electron chi connectivity index (χ1n) is 8.37. The summed E-state index contributed by atoms with van der Waals surface area (Å²) < 4.78 is 14.2. The highest BCUT2D eigenvalue weighted by molar-refractivity contribution is 6.17. The standard InChI is InChI=1S/C18H24ClFN2O/c1-13(2)16-21-12-14(20)11-18(21,9-6-10-19)17(23)22(16)15-7-4-3-5-8-15/h3-5,7-8,13-14,16H,6,9-12H2,1-2H3. The van der Waals surface area contributed by atoms with Crippen molar-refractivity contribution in [3.05, 3.63) is 30.3 Å². The van der Waals surface area contributed by atoms with Crippen LogP contribution >= 0.6 is 11.6 Å². The second kappa shape index (κ2) is 6.40. The van der Waals surface area contributed by atoms with Gasteiger partial charge in [0.1, 0.15) is 11.7 Å². The van der Waals surface area contributed by atoms with Crippen molar-refractivity contribution in [3.8, 4) is 0 Å². The minimum Gasteiger partial charge on any atom is -0.294 e. The van der Waals surface area contributed by atoms with Gasteiger partial charge in [0.25, 0.3) is 0 Å². The quantitative estimate of drug-likeness (QED) is 0.762. The highest BCUT2D eigenvalue weighted by Gasteiger charge is 2.62. The van der Waals surface area contributed by atoms with Crippen molar-refractivity contribution in [2.24, 2.45) is 5.92 Å². The Kier molecular flexibility index (Phi) is 4.65. The van der Waals surface area contributed by atoms with E-state index < -0.39 is 11.7 Å². The number of amides is 1. The van der Waals surface area contributed by atoms with Crippen LogP contribution < -0.4 is 4.90 Å². The summed E-state index contributed by atoms with van der Waals surface area (Å²) in [6.07, 6.45) is 0.607. The van der Waals surface area contributed by atoms with Gasteiger partial charge in [-0.15, -0.1) is 11.6 Å². The Hall–Kier alpha value is -1.13. The lowest BCUT2D eigenvalue weighted by Crippen LogP contribution is -2.47. The van der Waals surface area contributed by atoms with Gasteiger partial charge in [-0.1, -0.05) is 32.0 Å². The Balaban J connectivity index is 2.04. The van der Waals surface area contributed by atoms with Crippen LogP contribution in [-0.4, -0.2) is 41.1 Å². The van der Waals surface area contributed by atoms with Crippen molar-refractivity contribution in [1.82, 2.24) is 4.90 Å². The maximum atomic E-state index is 14.2. The van der Waals surface area contributed by atoms with Gasteiger partial charge in [-0.2, -0.15) is 0 Å². The molecular weight excluding hydrogens is 315 g/mol. The van der Waals surface area contributed by atoms with Gasteiger partial charge in [-0.05, 0) is 30.9 Å². The molecule has 2 heterocycles. The van der Waals surface area contributed by atoms with Crippen molar-refractivity contribution < 1.29 is 9.18 Å². The lowest BCUT2D eigenvalue weighted by molar-refractivity contribution is -0.124. The smallest absolute Gasteiger partial charge is 0.249 e. The number of benzene rings is 1. The summed E-state index contributed by atoms with van der Waals surface area (Å²) in [5.74, 6) is 0.757. The third kappa shape index (κ3) is 2.66. The fourth-order valence-corrected chi connectivity index (χ4v) is 4.35. The van der Waals surface area contributed by atoms with E-state index in [9.17, 15) is 9.18 Å². The van der Waals surface area contributed by atoms with E-state index in [-0.39, 0.29) is 24.4 Å². The molecule has 3 rings (SSSR count). The molecule has 5 heteroatoms. The molecule has 1 aromatic rings. The first-order valence-corrected chi connectivity index (χ1v) is 8.90. The third-order valence-corrected chi connectivity index (χ3v) is 5.33. The minimum atomic E-state index is -0.937. The molecule has 3 nitrogen and oxygen atoms in total. The summed E-state index contributed by atoms with van der Waals surface area (Å²) >= 11 is 5.87. The lowest BCUT2D eigenvalue weighted by atomic mass is 9.90. The van der Waals surface area contributed by atoms with E-state index in [4.69, 9.17) is 11.6 Å². The summed E-state index contributed by atoms with van der Waals surface area (Å²) in [4.78, 5) is 17.3. The molecule has 2 aliphatic heterocycles. The summed E-state index contributed by atoms with van der Waals surface area (Å²) in [7, 11) is 0. The minimum absolute atomic E-state index is 0.0349. The molecule has 0 bridgehead atoms. The summed E-state index contributed by atoms with van der Waals surface area (Å²) in [6, 6.07) is 9.73. The molecule has 0 spiro atoms. The monoisotopic (exact) mass is 338 g/mol. The van der Waals surface area contributed by atoms with E-state index in [0.717, 1.165) is 12.1 Å². The molecular formula is C18H24ClFN2O. The van der Waals surface area contributed by atoms with Crippen LogP contribution in [-0.2, 0) is 4.79 Å². The molecule has 126 valence electrons. The van der Waals surface area contributed by atoms with Gasteiger partial charge in [-0.25, -0.2) is 4.39 Å². The zero-order valence-electron chi connectivity index (χ0n) is 13.7. The van der Waals surface area contributed by atoms with Crippen molar-refractivity contribution >= 4 is 23.2 Å². The number of hydrogen-bond donors (Lipinski definition) is 0. The second-order valence-corrected chi connectivity index (χ2v) is 7.32. The Morgan fingerprint density at radius 3 is 2.65 bits per heavy atom. The van der Waals surface area contributed by atoms with Crippen LogP contribution in [0.2, 0.25) is 0 Å². The Morgan fingerprint density at radius 2 is 2.04 bits per heavy atom. The van der Waals surface area contributed by atoms with Gasteiger partial charge in [-0.3, -0.25) is 14.6 Å². The Morgan fingerprint density at radius 1 is 1.35 bits per heavy atom. The summed E-state index contributed by atoms with van der Waals surface area (Å²) in [6.45, 7) is 4.52. The van der Waals surface area contributed by atoms with Crippen molar-refractivity contribution in [3.63, 3.8) is 0 Å². The number of rotatable bonds is 5. The van der Waals surface area contributed by atoms with Crippen molar-refractivity contribution in [2.75, 3.05) is 17.3 Å². The van der Waals surface area contributed by atoms with Crippen LogP contribution in [0.1, 0.15) is 33.1 Å². The highest BCUT2D eigenvalue weighted by Crippen LogP contribution is 2.47. The predicted octanol–water partition coefficient (Wildman–Crippen LogP) is 3.82. The fraction of sp³-hybridized carbons (Fsp3) is 0.611. The number of fused-ring (bicyclic) bond motifs is 1. The average Bonchev–Trinajstić information content (AvgIpc) is 2.97. The van der Waals surface area contributed by atoms with Crippen LogP contribution in [0.15, 0.2) is 30.3 Å². The molecule has 2 fully saturated rings. The predicted molar refractivity (Wildman–Crippen MR) is 91.5 cm³/mol. The second-order valence-electron chi connectivity index (χ2n) is 6.95. The first kappa shape index (κ1) is 16.7. The van der Waals surface area contributed by atoms with E-state index in [2.05, 4.69) is 18.7 Å². The van der Waals surface area contributed by atoms with Crippen LogP contribution in [0.4, 0.5) is 10.1 Å². The molecule has 0 aromatic heterocycles.